The van der Waals surface area contributed by atoms with Gasteiger partial charge in [-0.3, -0.25) is 9.59 Å². The van der Waals surface area contributed by atoms with E-state index in [4.69, 9.17) is 10.5 Å². The lowest BCUT2D eigenvalue weighted by atomic mass is 9.97. The summed E-state index contributed by atoms with van der Waals surface area (Å²) in [6, 6.07) is 8.49. The Hall–Kier alpha value is -3.16. The normalized spacial score (nSPS) is 22.3. The van der Waals surface area contributed by atoms with E-state index in [1.54, 1.807) is 30.5 Å². The predicted octanol–water partition coefficient (Wildman–Crippen LogP) is 1.83. The molecule has 27 heavy (non-hydrogen) atoms. The van der Waals surface area contributed by atoms with Gasteiger partial charge in [-0.15, -0.1) is 0 Å². The van der Waals surface area contributed by atoms with Crippen LogP contribution in [0.25, 0.3) is 16.3 Å². The number of nitrogens with two attached hydrogens (primary N) is 1. The molecule has 3 N–H and O–H groups in total. The number of ether oxygens (including phenoxy) is 1. The quantitative estimate of drug-likeness (QED) is 0.716. The first-order chi connectivity index (χ1) is 13.0. The number of nitrogens with one attached hydrogen (secondary N) is 1. The lowest BCUT2D eigenvalue weighted by Gasteiger charge is -2.19. The Labute approximate surface area is 154 Å². The number of pyridine rings is 1. The van der Waals surface area contributed by atoms with Gasteiger partial charge >= 0.3 is 0 Å². The molecule has 3 atom stereocenters. The maximum atomic E-state index is 14.0. The SMILES string of the molecule is CC[C@@H]1[C@H](F)C(=O)N[C@@H]1COc1cccc2cc(C(N)=O)n3nccc3c12. The van der Waals surface area contributed by atoms with Gasteiger partial charge in [0.15, 0.2) is 6.17 Å². The zero-order chi connectivity index (χ0) is 19.1. The first kappa shape index (κ1) is 17.3. The molecule has 0 aliphatic carbocycles. The molecule has 3 aromatic rings. The number of aromatic nitrogens is 2. The van der Waals surface area contributed by atoms with Crippen LogP contribution >= 0.6 is 0 Å². The summed E-state index contributed by atoms with van der Waals surface area (Å²) in [5.41, 5.74) is 6.41. The van der Waals surface area contributed by atoms with Gasteiger partial charge in [0.05, 0.1) is 17.8 Å². The summed E-state index contributed by atoms with van der Waals surface area (Å²) >= 11 is 0. The van der Waals surface area contributed by atoms with E-state index in [9.17, 15) is 14.0 Å². The van der Waals surface area contributed by atoms with E-state index < -0.39 is 29.9 Å². The first-order valence-electron chi connectivity index (χ1n) is 8.77. The van der Waals surface area contributed by atoms with Crippen LogP contribution in [0.4, 0.5) is 4.39 Å². The molecule has 8 heteroatoms. The Morgan fingerprint density at radius 2 is 2.22 bits per heavy atom. The van der Waals surface area contributed by atoms with Gasteiger partial charge in [-0.1, -0.05) is 19.1 Å². The fraction of sp³-hybridized carbons (Fsp3) is 0.316. The van der Waals surface area contributed by atoms with Gasteiger partial charge in [0.25, 0.3) is 11.8 Å². The van der Waals surface area contributed by atoms with Gasteiger partial charge in [0, 0.05) is 11.3 Å². The molecule has 0 saturated carbocycles. The number of amides is 2. The monoisotopic (exact) mass is 370 g/mol. The number of fused-ring (bicyclic) bond motifs is 3. The minimum atomic E-state index is -1.50. The van der Waals surface area contributed by atoms with Crippen molar-refractivity contribution in [1.82, 2.24) is 14.9 Å². The summed E-state index contributed by atoms with van der Waals surface area (Å²) in [6.45, 7) is 2.01. The Morgan fingerprint density at radius 3 is 2.96 bits per heavy atom. The Balaban J connectivity index is 1.72. The van der Waals surface area contributed by atoms with E-state index in [-0.39, 0.29) is 12.3 Å². The van der Waals surface area contributed by atoms with Crippen molar-refractivity contribution in [3.8, 4) is 5.75 Å². The predicted molar refractivity (Wildman–Crippen MR) is 97.3 cm³/mol. The first-order valence-corrected chi connectivity index (χ1v) is 8.77. The van der Waals surface area contributed by atoms with Gasteiger partial charge in [-0.25, -0.2) is 8.91 Å². The van der Waals surface area contributed by atoms with Crippen molar-refractivity contribution in [3.05, 3.63) is 42.2 Å². The summed E-state index contributed by atoms with van der Waals surface area (Å²) in [6.07, 6.45) is 0.615. The summed E-state index contributed by atoms with van der Waals surface area (Å²) in [5, 5.41) is 8.38. The minimum absolute atomic E-state index is 0.154. The molecule has 0 unspecified atom stereocenters. The highest BCUT2D eigenvalue weighted by Crippen LogP contribution is 2.32. The van der Waals surface area contributed by atoms with Crippen molar-refractivity contribution < 1.29 is 18.7 Å². The number of hydrogen-bond donors (Lipinski definition) is 2. The van der Waals surface area contributed by atoms with Crippen molar-refractivity contribution >= 4 is 28.1 Å². The minimum Gasteiger partial charge on any atom is -0.491 e. The van der Waals surface area contributed by atoms with Crippen molar-refractivity contribution in [1.29, 1.82) is 0 Å². The number of primary amides is 1. The average Bonchev–Trinajstić information content (AvgIpc) is 3.24. The van der Waals surface area contributed by atoms with Crippen LogP contribution in [0.1, 0.15) is 23.8 Å². The van der Waals surface area contributed by atoms with E-state index in [2.05, 4.69) is 10.4 Å². The zero-order valence-corrected chi connectivity index (χ0v) is 14.7. The van der Waals surface area contributed by atoms with Crippen molar-refractivity contribution in [2.24, 2.45) is 11.7 Å². The van der Waals surface area contributed by atoms with E-state index >= 15 is 0 Å². The largest absolute Gasteiger partial charge is 0.491 e. The molecule has 0 spiro atoms. The third-order valence-corrected chi connectivity index (χ3v) is 5.09. The Bertz CT molecular complexity index is 1050. The fourth-order valence-corrected chi connectivity index (χ4v) is 3.74. The smallest absolute Gasteiger partial charge is 0.267 e. The highest BCUT2D eigenvalue weighted by molar-refractivity contribution is 6.05. The fourth-order valence-electron chi connectivity index (χ4n) is 3.74. The van der Waals surface area contributed by atoms with Crippen LogP contribution in [0, 0.1) is 5.92 Å². The highest BCUT2D eigenvalue weighted by Gasteiger charge is 2.41. The average molecular weight is 370 g/mol. The van der Waals surface area contributed by atoms with Crippen LogP contribution in [0.3, 0.4) is 0 Å². The number of benzene rings is 1. The lowest BCUT2D eigenvalue weighted by molar-refractivity contribution is -0.123. The second-order valence-corrected chi connectivity index (χ2v) is 6.64. The van der Waals surface area contributed by atoms with Crippen molar-refractivity contribution in [3.63, 3.8) is 0 Å². The maximum Gasteiger partial charge on any atom is 0.267 e. The number of hydrogen-bond acceptors (Lipinski definition) is 4. The van der Waals surface area contributed by atoms with Crippen molar-refractivity contribution in [2.75, 3.05) is 6.61 Å². The van der Waals surface area contributed by atoms with Crippen LogP contribution in [0.2, 0.25) is 0 Å². The highest BCUT2D eigenvalue weighted by atomic mass is 19.1. The molecule has 1 aliphatic heterocycles. The summed E-state index contributed by atoms with van der Waals surface area (Å²) in [4.78, 5) is 23.3. The molecule has 140 valence electrons. The number of alkyl halides is 1. The van der Waals surface area contributed by atoms with Crippen LogP contribution < -0.4 is 15.8 Å². The third kappa shape index (κ3) is 2.77. The number of nitrogens with zero attached hydrogens (tertiary/aromatic N) is 2. The zero-order valence-electron chi connectivity index (χ0n) is 14.7. The molecule has 1 aliphatic rings. The van der Waals surface area contributed by atoms with Crippen LogP contribution in [0.5, 0.6) is 5.75 Å². The third-order valence-electron chi connectivity index (χ3n) is 5.09. The Morgan fingerprint density at radius 1 is 1.41 bits per heavy atom. The molecule has 1 fully saturated rings. The molecule has 1 saturated heterocycles. The van der Waals surface area contributed by atoms with Gasteiger partial charge in [-0.05, 0) is 30.0 Å². The second-order valence-electron chi connectivity index (χ2n) is 6.64. The molecule has 1 aromatic carbocycles. The summed E-state index contributed by atoms with van der Waals surface area (Å²) in [7, 11) is 0. The molecule has 4 rings (SSSR count). The van der Waals surface area contributed by atoms with Crippen LogP contribution in [-0.2, 0) is 4.79 Å². The molecule has 3 heterocycles. The van der Waals surface area contributed by atoms with Crippen molar-refractivity contribution in [2.45, 2.75) is 25.6 Å². The van der Waals surface area contributed by atoms with Gasteiger partial charge in [0.1, 0.15) is 18.1 Å². The molecule has 2 aromatic heterocycles. The number of carbonyl (C=O) groups is 2. The van der Waals surface area contributed by atoms with Crippen LogP contribution in [-0.4, -0.2) is 40.2 Å². The molecule has 2 amide bonds. The van der Waals surface area contributed by atoms with E-state index in [1.165, 1.54) is 4.52 Å². The molecule has 0 bridgehead atoms. The number of halogens is 1. The summed E-state index contributed by atoms with van der Waals surface area (Å²) in [5.74, 6) is -1.01. The lowest BCUT2D eigenvalue weighted by Crippen LogP contribution is -2.34. The van der Waals surface area contributed by atoms with Gasteiger partial charge in [-0.2, -0.15) is 5.10 Å². The number of carbonyl (C=O) groups excluding carboxylic acids is 2. The van der Waals surface area contributed by atoms with E-state index in [0.29, 0.717) is 17.7 Å². The molecule has 0 radical (unpaired) electrons. The van der Waals surface area contributed by atoms with E-state index in [1.807, 2.05) is 13.0 Å². The maximum absolute atomic E-state index is 14.0. The van der Waals surface area contributed by atoms with Gasteiger partial charge < -0.3 is 15.8 Å². The second kappa shape index (κ2) is 6.53. The topological polar surface area (TPSA) is 98.7 Å². The van der Waals surface area contributed by atoms with Crippen LogP contribution in [0.15, 0.2) is 36.5 Å². The molecular formula is C19H19FN4O3. The standard InChI is InChI=1S/C19H19FN4O3/c1-2-11-12(23-19(26)17(11)20)9-27-15-5-3-4-10-8-14(18(21)25)24-13(16(10)15)6-7-22-24/h3-8,11-12,17H,2,9H2,1H3,(H2,21,25)(H,23,26)/t11-,12+,17-/m0/s1. The Kier molecular flexibility index (Phi) is 4.18. The molecular weight excluding hydrogens is 351 g/mol. The summed E-state index contributed by atoms with van der Waals surface area (Å²) < 4.78 is 21.4. The number of rotatable bonds is 5. The van der Waals surface area contributed by atoms with E-state index in [0.717, 1.165) is 10.8 Å². The van der Waals surface area contributed by atoms with Gasteiger partial charge in [0.2, 0.25) is 0 Å². The molecule has 7 nitrogen and oxygen atoms in total.